The van der Waals surface area contributed by atoms with E-state index in [1.165, 1.54) is 0 Å². The van der Waals surface area contributed by atoms with Gasteiger partial charge in [-0.2, -0.15) is 0 Å². The van der Waals surface area contributed by atoms with Crippen LogP contribution in [0.1, 0.15) is 37.8 Å². The molecule has 0 radical (unpaired) electrons. The standard InChI is InChI=1S/C13H18O2/c1-9-7-5-6-8-10(9)11(12(14)15)13(2,3)4/h5-8,11H,1-4H3,(H,14,15). The first kappa shape index (κ1) is 11.8. The highest BCUT2D eigenvalue weighted by Crippen LogP contribution is 2.36. The average Bonchev–Trinajstić information content (AvgIpc) is 2.05. The van der Waals surface area contributed by atoms with Crippen molar-refractivity contribution in [2.24, 2.45) is 5.41 Å². The molecule has 1 aromatic rings. The van der Waals surface area contributed by atoms with Crippen molar-refractivity contribution < 1.29 is 9.90 Å². The number of hydrogen-bond donors (Lipinski definition) is 1. The first-order chi connectivity index (χ1) is 6.84. The lowest BCUT2D eigenvalue weighted by atomic mass is 9.75. The minimum atomic E-state index is -0.753. The van der Waals surface area contributed by atoms with E-state index in [1.807, 2.05) is 52.0 Å². The molecule has 1 unspecified atom stereocenters. The Bertz CT molecular complexity index is 361. The van der Waals surface area contributed by atoms with Gasteiger partial charge in [0.1, 0.15) is 0 Å². The molecule has 1 aromatic carbocycles. The van der Waals surface area contributed by atoms with Crippen molar-refractivity contribution in [1.82, 2.24) is 0 Å². The van der Waals surface area contributed by atoms with Crippen LogP contribution in [0.25, 0.3) is 0 Å². The lowest BCUT2D eigenvalue weighted by Gasteiger charge is -2.28. The van der Waals surface area contributed by atoms with Gasteiger partial charge < -0.3 is 5.11 Å². The normalized spacial score (nSPS) is 13.6. The van der Waals surface area contributed by atoms with Crippen molar-refractivity contribution >= 4 is 5.97 Å². The van der Waals surface area contributed by atoms with E-state index in [4.69, 9.17) is 0 Å². The average molecular weight is 206 g/mol. The van der Waals surface area contributed by atoms with Crippen LogP contribution in [-0.2, 0) is 4.79 Å². The smallest absolute Gasteiger partial charge is 0.311 e. The number of carboxylic acids is 1. The highest BCUT2D eigenvalue weighted by atomic mass is 16.4. The molecule has 0 fully saturated rings. The van der Waals surface area contributed by atoms with E-state index in [1.54, 1.807) is 0 Å². The van der Waals surface area contributed by atoms with E-state index in [9.17, 15) is 9.90 Å². The Morgan fingerprint density at radius 3 is 2.20 bits per heavy atom. The summed E-state index contributed by atoms with van der Waals surface area (Å²) in [7, 11) is 0. The Balaban J connectivity index is 3.23. The lowest BCUT2D eigenvalue weighted by Crippen LogP contribution is -2.26. The predicted octanol–water partition coefficient (Wildman–Crippen LogP) is 3.21. The molecule has 0 aliphatic rings. The van der Waals surface area contributed by atoms with Gasteiger partial charge in [0, 0.05) is 0 Å². The zero-order chi connectivity index (χ0) is 11.6. The van der Waals surface area contributed by atoms with Crippen molar-refractivity contribution in [3.63, 3.8) is 0 Å². The van der Waals surface area contributed by atoms with Crippen molar-refractivity contribution in [3.8, 4) is 0 Å². The monoisotopic (exact) mass is 206 g/mol. The van der Waals surface area contributed by atoms with E-state index in [0.717, 1.165) is 11.1 Å². The second kappa shape index (κ2) is 4.05. The van der Waals surface area contributed by atoms with Crippen LogP contribution < -0.4 is 0 Å². The maximum absolute atomic E-state index is 11.3. The summed E-state index contributed by atoms with van der Waals surface area (Å²) in [5.41, 5.74) is 1.69. The number of carboxylic acid groups (broad SMARTS) is 1. The maximum Gasteiger partial charge on any atom is 0.311 e. The third-order valence-corrected chi connectivity index (χ3v) is 2.61. The van der Waals surface area contributed by atoms with Gasteiger partial charge in [-0.25, -0.2) is 0 Å². The number of hydrogen-bond acceptors (Lipinski definition) is 1. The maximum atomic E-state index is 11.3. The largest absolute Gasteiger partial charge is 0.481 e. The molecule has 15 heavy (non-hydrogen) atoms. The fourth-order valence-corrected chi connectivity index (χ4v) is 1.88. The van der Waals surface area contributed by atoms with Crippen molar-refractivity contribution in [3.05, 3.63) is 35.4 Å². The molecule has 0 saturated heterocycles. The van der Waals surface area contributed by atoms with E-state index < -0.39 is 11.9 Å². The molecule has 2 heteroatoms. The Hall–Kier alpha value is -1.31. The number of rotatable bonds is 2. The minimum Gasteiger partial charge on any atom is -0.481 e. The third-order valence-electron chi connectivity index (χ3n) is 2.61. The summed E-state index contributed by atoms with van der Waals surface area (Å²) in [4.78, 5) is 11.3. The van der Waals surface area contributed by atoms with Crippen LogP contribution in [0.15, 0.2) is 24.3 Å². The summed E-state index contributed by atoms with van der Waals surface area (Å²) in [6.07, 6.45) is 0. The second-order valence-corrected chi connectivity index (χ2v) is 4.99. The van der Waals surface area contributed by atoms with Crippen molar-refractivity contribution in [2.75, 3.05) is 0 Å². The third kappa shape index (κ3) is 2.58. The number of aliphatic carboxylic acids is 1. The van der Waals surface area contributed by atoms with Crippen molar-refractivity contribution in [1.29, 1.82) is 0 Å². The molecule has 0 amide bonds. The summed E-state index contributed by atoms with van der Waals surface area (Å²) in [6, 6.07) is 7.68. The molecular formula is C13H18O2. The van der Waals surface area contributed by atoms with Gasteiger partial charge >= 0.3 is 5.97 Å². The summed E-state index contributed by atoms with van der Waals surface area (Å²) in [5.74, 6) is -1.20. The quantitative estimate of drug-likeness (QED) is 0.806. The molecule has 0 aromatic heterocycles. The zero-order valence-electron chi connectivity index (χ0n) is 9.74. The van der Waals surface area contributed by atoms with Crippen LogP contribution in [0.3, 0.4) is 0 Å². The molecule has 1 atom stereocenters. The second-order valence-electron chi connectivity index (χ2n) is 4.99. The van der Waals surface area contributed by atoms with Crippen LogP contribution in [0.5, 0.6) is 0 Å². The minimum absolute atomic E-state index is 0.266. The molecule has 2 nitrogen and oxygen atoms in total. The molecule has 82 valence electrons. The molecule has 1 N–H and O–H groups in total. The predicted molar refractivity (Wildman–Crippen MR) is 61.0 cm³/mol. The lowest BCUT2D eigenvalue weighted by molar-refractivity contribution is -0.141. The summed E-state index contributed by atoms with van der Waals surface area (Å²) < 4.78 is 0. The van der Waals surface area contributed by atoms with E-state index in [-0.39, 0.29) is 5.41 Å². The van der Waals surface area contributed by atoms with Crippen LogP contribution in [0, 0.1) is 12.3 Å². The Labute approximate surface area is 90.9 Å². The highest BCUT2D eigenvalue weighted by molar-refractivity contribution is 5.77. The van der Waals surface area contributed by atoms with Crippen LogP contribution in [0.4, 0.5) is 0 Å². The van der Waals surface area contributed by atoms with E-state index >= 15 is 0 Å². The molecule has 0 spiro atoms. The first-order valence-corrected chi connectivity index (χ1v) is 5.12. The van der Waals surface area contributed by atoms with Crippen LogP contribution in [0.2, 0.25) is 0 Å². The van der Waals surface area contributed by atoms with Gasteiger partial charge in [0.2, 0.25) is 0 Å². The number of aryl methyl sites for hydroxylation is 1. The van der Waals surface area contributed by atoms with Gasteiger partial charge in [-0.1, -0.05) is 45.0 Å². The van der Waals surface area contributed by atoms with Gasteiger partial charge in [0.25, 0.3) is 0 Å². The van der Waals surface area contributed by atoms with Gasteiger partial charge in [0.05, 0.1) is 5.92 Å². The van der Waals surface area contributed by atoms with E-state index in [0.29, 0.717) is 0 Å². The molecule has 0 heterocycles. The molecular weight excluding hydrogens is 188 g/mol. The zero-order valence-corrected chi connectivity index (χ0v) is 9.74. The SMILES string of the molecule is Cc1ccccc1C(C(=O)O)C(C)(C)C. The van der Waals surface area contributed by atoms with Crippen molar-refractivity contribution in [2.45, 2.75) is 33.6 Å². The van der Waals surface area contributed by atoms with Gasteiger partial charge in [0.15, 0.2) is 0 Å². The Morgan fingerprint density at radius 2 is 1.80 bits per heavy atom. The fraction of sp³-hybridized carbons (Fsp3) is 0.462. The molecule has 0 bridgehead atoms. The van der Waals surface area contributed by atoms with Crippen LogP contribution >= 0.6 is 0 Å². The molecule has 0 aliphatic heterocycles. The van der Waals surface area contributed by atoms with Gasteiger partial charge in [-0.3, -0.25) is 4.79 Å². The highest BCUT2D eigenvalue weighted by Gasteiger charge is 2.33. The van der Waals surface area contributed by atoms with Crippen LogP contribution in [-0.4, -0.2) is 11.1 Å². The van der Waals surface area contributed by atoms with Gasteiger partial charge in [-0.15, -0.1) is 0 Å². The summed E-state index contributed by atoms with van der Waals surface area (Å²) in [5, 5.41) is 9.29. The molecule has 0 aliphatic carbocycles. The van der Waals surface area contributed by atoms with E-state index in [2.05, 4.69) is 0 Å². The Kier molecular flexibility index (Phi) is 3.18. The summed E-state index contributed by atoms with van der Waals surface area (Å²) in [6.45, 7) is 7.83. The number of carbonyl (C=O) groups is 1. The fourth-order valence-electron chi connectivity index (χ4n) is 1.88. The Morgan fingerprint density at radius 1 is 1.27 bits per heavy atom. The van der Waals surface area contributed by atoms with Gasteiger partial charge in [-0.05, 0) is 23.5 Å². The topological polar surface area (TPSA) is 37.3 Å². The first-order valence-electron chi connectivity index (χ1n) is 5.12. The number of benzene rings is 1. The molecule has 1 rings (SSSR count). The molecule has 0 saturated carbocycles. The summed E-state index contributed by atoms with van der Waals surface area (Å²) >= 11 is 0.